The topological polar surface area (TPSA) is 39.2 Å². The number of aromatic nitrogens is 1. The number of aryl methyl sites for hydroxylation is 1. The van der Waals surface area contributed by atoms with E-state index < -0.39 is 0 Å². The summed E-state index contributed by atoms with van der Waals surface area (Å²) in [7, 11) is 1.66. The Morgan fingerprint density at radius 1 is 1.00 bits per heavy atom. The van der Waals surface area contributed by atoms with E-state index >= 15 is 0 Å². The summed E-state index contributed by atoms with van der Waals surface area (Å²) in [5, 5.41) is 0. The second kappa shape index (κ2) is 8.63. The van der Waals surface area contributed by atoms with Crippen LogP contribution in [0, 0.1) is 6.92 Å². The molecule has 1 aromatic heterocycles. The van der Waals surface area contributed by atoms with Gasteiger partial charge in [0, 0.05) is 24.7 Å². The molecular weight excluding hydrogens is 334 g/mol. The zero-order valence-corrected chi connectivity index (χ0v) is 16.1. The molecular formula is C24H25NO2. The number of hydrogen-bond acceptors (Lipinski definition) is 3. The van der Waals surface area contributed by atoms with Crippen molar-refractivity contribution in [3.63, 3.8) is 0 Å². The van der Waals surface area contributed by atoms with Crippen LogP contribution in [0.4, 0.5) is 0 Å². The Balaban J connectivity index is 1.60. The van der Waals surface area contributed by atoms with Gasteiger partial charge in [-0.15, -0.1) is 0 Å². The smallest absolute Gasteiger partial charge is 0.137 e. The predicted octanol–water partition coefficient (Wildman–Crippen LogP) is 5.37. The third-order valence-electron chi connectivity index (χ3n) is 4.80. The van der Waals surface area contributed by atoms with Crippen molar-refractivity contribution in [3.8, 4) is 16.9 Å². The average molecular weight is 359 g/mol. The van der Waals surface area contributed by atoms with Gasteiger partial charge in [-0.1, -0.05) is 43.3 Å². The quantitative estimate of drug-likeness (QED) is 0.569. The second-order valence-electron chi connectivity index (χ2n) is 6.98. The van der Waals surface area contributed by atoms with Crippen molar-refractivity contribution in [2.75, 3.05) is 7.11 Å². The van der Waals surface area contributed by atoms with Crippen LogP contribution < -0.4 is 4.74 Å². The van der Waals surface area contributed by atoms with Crippen LogP contribution in [0.2, 0.25) is 0 Å². The van der Waals surface area contributed by atoms with Gasteiger partial charge in [-0.05, 0) is 59.4 Å². The van der Waals surface area contributed by atoms with Gasteiger partial charge in [0.1, 0.15) is 11.5 Å². The first-order valence-corrected chi connectivity index (χ1v) is 9.23. The molecule has 0 aliphatic heterocycles. The van der Waals surface area contributed by atoms with Gasteiger partial charge in [-0.2, -0.15) is 0 Å². The first-order chi connectivity index (χ1) is 13.0. The zero-order chi connectivity index (χ0) is 19.2. The van der Waals surface area contributed by atoms with Gasteiger partial charge in [0.15, 0.2) is 0 Å². The first kappa shape index (κ1) is 18.8. The van der Waals surface area contributed by atoms with Crippen LogP contribution in [0.5, 0.6) is 5.75 Å². The molecule has 3 heteroatoms. The predicted molar refractivity (Wildman–Crippen MR) is 109 cm³/mol. The highest BCUT2D eigenvalue weighted by Crippen LogP contribution is 2.24. The highest BCUT2D eigenvalue weighted by atomic mass is 16.5. The lowest BCUT2D eigenvalue weighted by Crippen LogP contribution is -2.07. The van der Waals surface area contributed by atoms with Gasteiger partial charge in [-0.3, -0.25) is 9.78 Å². The number of nitrogens with zero attached hydrogens (tertiary/aromatic N) is 1. The maximum absolute atomic E-state index is 12.5. The van der Waals surface area contributed by atoms with E-state index in [1.54, 1.807) is 7.11 Å². The largest absolute Gasteiger partial charge is 0.497 e. The van der Waals surface area contributed by atoms with Gasteiger partial charge >= 0.3 is 0 Å². The average Bonchev–Trinajstić information content (AvgIpc) is 2.68. The molecule has 0 aliphatic carbocycles. The summed E-state index contributed by atoms with van der Waals surface area (Å²) in [6.45, 7) is 4.08. The second-order valence-corrected chi connectivity index (χ2v) is 6.98. The van der Waals surface area contributed by atoms with E-state index in [1.807, 2.05) is 55.6 Å². The Hall–Kier alpha value is -2.94. The molecule has 1 unspecified atom stereocenters. The summed E-state index contributed by atoms with van der Waals surface area (Å²) in [5.41, 5.74) is 5.50. The molecule has 0 radical (unpaired) electrons. The van der Waals surface area contributed by atoms with E-state index in [-0.39, 0.29) is 11.7 Å². The van der Waals surface area contributed by atoms with Crippen molar-refractivity contribution in [2.45, 2.75) is 32.6 Å². The molecule has 0 saturated heterocycles. The van der Waals surface area contributed by atoms with Crippen LogP contribution in [0.1, 0.15) is 36.1 Å². The molecule has 3 aromatic rings. The van der Waals surface area contributed by atoms with Crippen LogP contribution in [-0.2, 0) is 11.2 Å². The van der Waals surface area contributed by atoms with E-state index in [9.17, 15) is 4.79 Å². The third kappa shape index (κ3) is 5.04. The zero-order valence-electron chi connectivity index (χ0n) is 16.1. The summed E-state index contributed by atoms with van der Waals surface area (Å²) < 4.78 is 5.19. The minimum Gasteiger partial charge on any atom is -0.497 e. The highest BCUT2D eigenvalue weighted by molar-refractivity contribution is 5.82. The molecule has 0 bridgehead atoms. The molecule has 0 aliphatic rings. The minimum absolute atomic E-state index is 0.197. The lowest BCUT2D eigenvalue weighted by molar-refractivity contribution is -0.118. The lowest BCUT2D eigenvalue weighted by atomic mass is 9.93. The van der Waals surface area contributed by atoms with Gasteiger partial charge in [0.2, 0.25) is 0 Å². The summed E-state index contributed by atoms with van der Waals surface area (Å²) in [6.07, 6.45) is 2.83. The summed E-state index contributed by atoms with van der Waals surface area (Å²) >= 11 is 0. The van der Waals surface area contributed by atoms with Crippen molar-refractivity contribution in [1.29, 1.82) is 0 Å². The number of methoxy groups -OCH3 is 1. The number of carbonyl (C=O) groups excluding carboxylic acids is 1. The van der Waals surface area contributed by atoms with Crippen LogP contribution in [0.3, 0.4) is 0 Å². The summed E-state index contributed by atoms with van der Waals surface area (Å²) in [5.74, 6) is 1.29. The first-order valence-electron chi connectivity index (χ1n) is 9.23. The van der Waals surface area contributed by atoms with Crippen LogP contribution >= 0.6 is 0 Å². The van der Waals surface area contributed by atoms with Crippen molar-refractivity contribution >= 4 is 5.78 Å². The lowest BCUT2D eigenvalue weighted by Gasteiger charge is -2.12. The van der Waals surface area contributed by atoms with E-state index in [0.29, 0.717) is 12.8 Å². The number of ether oxygens (including phenoxy) is 1. The molecule has 1 heterocycles. The SMILES string of the molecule is COc1ccc(C(C)CC(=O)Cc2ccc(-c3ccnc(C)c3)cc2)cc1. The normalized spacial score (nSPS) is 11.8. The Bertz CT molecular complexity index is 898. The Morgan fingerprint density at radius 2 is 1.70 bits per heavy atom. The highest BCUT2D eigenvalue weighted by Gasteiger charge is 2.12. The van der Waals surface area contributed by atoms with Gasteiger partial charge in [-0.25, -0.2) is 0 Å². The van der Waals surface area contributed by atoms with E-state index in [4.69, 9.17) is 4.74 Å². The van der Waals surface area contributed by atoms with E-state index in [1.165, 1.54) is 0 Å². The monoisotopic (exact) mass is 359 g/mol. The number of carbonyl (C=O) groups is 1. The Labute approximate surface area is 161 Å². The van der Waals surface area contributed by atoms with Gasteiger partial charge in [0.25, 0.3) is 0 Å². The summed E-state index contributed by atoms with van der Waals surface area (Å²) in [4.78, 5) is 16.7. The maximum atomic E-state index is 12.5. The Morgan fingerprint density at radius 3 is 2.33 bits per heavy atom. The number of ketones is 1. The molecule has 0 N–H and O–H groups in total. The minimum atomic E-state index is 0.197. The van der Waals surface area contributed by atoms with Crippen molar-refractivity contribution in [3.05, 3.63) is 83.7 Å². The fourth-order valence-electron chi connectivity index (χ4n) is 3.23. The van der Waals surface area contributed by atoms with Crippen LogP contribution in [-0.4, -0.2) is 17.9 Å². The van der Waals surface area contributed by atoms with Crippen molar-refractivity contribution in [2.24, 2.45) is 0 Å². The summed E-state index contributed by atoms with van der Waals surface area (Å²) in [6, 6.07) is 20.2. The van der Waals surface area contributed by atoms with Gasteiger partial charge in [0.05, 0.1) is 7.11 Å². The van der Waals surface area contributed by atoms with Crippen LogP contribution in [0.15, 0.2) is 66.9 Å². The molecule has 27 heavy (non-hydrogen) atoms. The maximum Gasteiger partial charge on any atom is 0.137 e. The number of Topliss-reactive ketones (excluding diaryl/α,β-unsaturated/α-hetero) is 1. The molecule has 3 nitrogen and oxygen atoms in total. The van der Waals surface area contributed by atoms with Crippen molar-refractivity contribution < 1.29 is 9.53 Å². The fraction of sp³-hybridized carbons (Fsp3) is 0.250. The van der Waals surface area contributed by atoms with E-state index in [0.717, 1.165) is 33.7 Å². The molecule has 3 rings (SSSR count). The number of rotatable bonds is 7. The van der Waals surface area contributed by atoms with E-state index in [2.05, 4.69) is 30.1 Å². The van der Waals surface area contributed by atoms with Crippen LogP contribution in [0.25, 0.3) is 11.1 Å². The molecule has 138 valence electrons. The molecule has 1 atom stereocenters. The Kier molecular flexibility index (Phi) is 6.02. The molecule has 0 amide bonds. The number of benzene rings is 2. The molecule has 0 saturated carbocycles. The van der Waals surface area contributed by atoms with Gasteiger partial charge < -0.3 is 4.74 Å². The number of hydrogen-bond donors (Lipinski definition) is 0. The molecule has 0 fully saturated rings. The standard InChI is InChI=1S/C24H25NO2/c1-17(20-8-10-24(27-3)11-9-20)14-23(26)16-19-4-6-21(7-5-19)22-12-13-25-18(2)15-22/h4-13,15,17H,14,16H2,1-3H3. The van der Waals surface area contributed by atoms with Crippen molar-refractivity contribution in [1.82, 2.24) is 4.98 Å². The third-order valence-corrected chi connectivity index (χ3v) is 4.80. The molecule has 0 spiro atoms. The molecule has 2 aromatic carbocycles. The number of pyridine rings is 1. The fourth-order valence-corrected chi connectivity index (χ4v) is 3.23.